The van der Waals surface area contributed by atoms with Crippen molar-refractivity contribution in [2.75, 3.05) is 12.4 Å². The fraction of sp³-hybridized carbons (Fsp3) is 0.182. The molecule has 1 N–H and O–H groups in total. The molecule has 0 bridgehead atoms. The van der Waals surface area contributed by atoms with Crippen LogP contribution in [0.5, 0.6) is 0 Å². The molecule has 0 aliphatic heterocycles. The van der Waals surface area contributed by atoms with E-state index < -0.39 is 0 Å². The normalized spacial score (nSPS) is 10.2. The predicted octanol–water partition coefficient (Wildman–Crippen LogP) is 1.49. The zero-order valence-corrected chi connectivity index (χ0v) is 10.8. The molecule has 0 amide bonds. The molecule has 0 atom stereocenters. The second-order valence-corrected chi connectivity index (χ2v) is 4.33. The van der Waals surface area contributed by atoms with Crippen LogP contribution in [0.1, 0.15) is 5.56 Å². The third kappa shape index (κ3) is 2.71. The van der Waals surface area contributed by atoms with E-state index in [0.29, 0.717) is 11.0 Å². The van der Waals surface area contributed by atoms with Crippen molar-refractivity contribution in [3.8, 4) is 0 Å². The first-order chi connectivity index (χ1) is 8.20. The van der Waals surface area contributed by atoms with E-state index in [0.717, 1.165) is 11.4 Å². The van der Waals surface area contributed by atoms with Crippen LogP contribution < -0.4 is 10.9 Å². The highest BCUT2D eigenvalue weighted by Crippen LogP contribution is 2.06. The number of aromatic nitrogens is 3. The second-order valence-electron chi connectivity index (χ2n) is 3.48. The third-order valence-corrected chi connectivity index (χ3v) is 2.84. The molecule has 6 heteroatoms. The molecule has 2 heterocycles. The van der Waals surface area contributed by atoms with Gasteiger partial charge in [-0.15, -0.1) is 0 Å². The molecule has 17 heavy (non-hydrogen) atoms. The first kappa shape index (κ1) is 11.8. The highest BCUT2D eigenvalue weighted by Gasteiger charge is 2.02. The Labute approximate surface area is 107 Å². The van der Waals surface area contributed by atoms with Crippen LogP contribution in [0.15, 0.2) is 40.1 Å². The summed E-state index contributed by atoms with van der Waals surface area (Å²) in [4.78, 5) is 19.9. The maximum atomic E-state index is 11.7. The fourth-order valence-electron chi connectivity index (χ4n) is 1.40. The minimum atomic E-state index is -0.0994. The van der Waals surface area contributed by atoms with Gasteiger partial charge in [-0.2, -0.15) is 0 Å². The summed E-state index contributed by atoms with van der Waals surface area (Å²) in [6.45, 7) is 0.461. The molecule has 0 spiro atoms. The van der Waals surface area contributed by atoms with Crippen LogP contribution in [0.3, 0.4) is 0 Å². The summed E-state index contributed by atoms with van der Waals surface area (Å²) in [5, 5.41) is 2.94. The summed E-state index contributed by atoms with van der Waals surface area (Å²) < 4.78 is 1.99. The van der Waals surface area contributed by atoms with Crippen molar-refractivity contribution in [1.29, 1.82) is 0 Å². The molecule has 2 rings (SSSR count). The van der Waals surface area contributed by atoms with Gasteiger partial charge in [0.1, 0.15) is 10.3 Å². The quantitative estimate of drug-likeness (QED) is 0.932. The Kier molecular flexibility index (Phi) is 3.53. The lowest BCUT2D eigenvalue weighted by Crippen LogP contribution is -2.21. The van der Waals surface area contributed by atoms with Gasteiger partial charge in [0.05, 0.1) is 12.9 Å². The van der Waals surface area contributed by atoms with Crippen molar-refractivity contribution in [3.05, 3.63) is 51.2 Å². The lowest BCUT2D eigenvalue weighted by Gasteiger charge is -2.06. The van der Waals surface area contributed by atoms with Gasteiger partial charge in [0.15, 0.2) is 0 Å². The van der Waals surface area contributed by atoms with E-state index in [2.05, 4.69) is 31.2 Å². The molecule has 0 saturated heterocycles. The Morgan fingerprint density at radius 1 is 1.41 bits per heavy atom. The predicted molar refractivity (Wildman–Crippen MR) is 69.1 cm³/mol. The molecule has 0 aliphatic rings. The average Bonchev–Trinajstić information content (AvgIpc) is 2.36. The molecular weight excluding hydrogens is 284 g/mol. The summed E-state index contributed by atoms with van der Waals surface area (Å²) in [5.74, 6) is 0.800. The number of hydrogen-bond donors (Lipinski definition) is 1. The standard InChI is InChI=1S/C11H11BrN4O/c1-13-10-3-2-8(4-15-10)6-16-7-14-5-9(12)11(16)17/h2-5,7H,6H2,1H3,(H,13,15). The van der Waals surface area contributed by atoms with Gasteiger partial charge in [-0.25, -0.2) is 9.97 Å². The summed E-state index contributed by atoms with van der Waals surface area (Å²) in [6.07, 6.45) is 4.74. The molecule has 5 nitrogen and oxygen atoms in total. The summed E-state index contributed by atoms with van der Waals surface area (Å²) in [5.41, 5.74) is 0.851. The molecule has 0 unspecified atom stereocenters. The summed E-state index contributed by atoms with van der Waals surface area (Å²) >= 11 is 3.16. The SMILES string of the molecule is CNc1ccc(Cn2cncc(Br)c2=O)cn1. The Bertz CT molecular complexity index is 564. The van der Waals surface area contributed by atoms with Crippen molar-refractivity contribution in [1.82, 2.24) is 14.5 Å². The second kappa shape index (κ2) is 5.09. The van der Waals surface area contributed by atoms with Crippen LogP contribution in [0.4, 0.5) is 5.82 Å². The zero-order chi connectivity index (χ0) is 12.3. The number of hydrogen-bond acceptors (Lipinski definition) is 4. The number of halogens is 1. The van der Waals surface area contributed by atoms with E-state index >= 15 is 0 Å². The molecule has 0 fully saturated rings. The van der Waals surface area contributed by atoms with Crippen LogP contribution >= 0.6 is 15.9 Å². The highest BCUT2D eigenvalue weighted by atomic mass is 79.9. The van der Waals surface area contributed by atoms with Gasteiger partial charge in [0.25, 0.3) is 5.56 Å². The van der Waals surface area contributed by atoms with E-state index in [1.165, 1.54) is 17.1 Å². The van der Waals surface area contributed by atoms with Crippen LogP contribution in [-0.4, -0.2) is 21.6 Å². The minimum Gasteiger partial charge on any atom is -0.373 e. The van der Waals surface area contributed by atoms with Gasteiger partial charge in [-0.05, 0) is 27.6 Å². The molecule has 2 aromatic rings. The molecule has 2 aromatic heterocycles. The monoisotopic (exact) mass is 294 g/mol. The number of nitrogens with zero attached hydrogens (tertiary/aromatic N) is 3. The molecule has 0 aromatic carbocycles. The fourth-order valence-corrected chi connectivity index (χ4v) is 1.75. The Balaban J connectivity index is 2.25. The average molecular weight is 295 g/mol. The minimum absolute atomic E-state index is 0.0994. The Morgan fingerprint density at radius 2 is 2.24 bits per heavy atom. The smallest absolute Gasteiger partial charge is 0.267 e. The van der Waals surface area contributed by atoms with E-state index in [9.17, 15) is 4.79 Å². The highest BCUT2D eigenvalue weighted by molar-refractivity contribution is 9.10. The number of anilines is 1. The Morgan fingerprint density at radius 3 is 2.88 bits per heavy atom. The maximum absolute atomic E-state index is 11.7. The van der Waals surface area contributed by atoms with Gasteiger partial charge < -0.3 is 5.32 Å². The Hall–Kier alpha value is -1.69. The number of rotatable bonds is 3. The van der Waals surface area contributed by atoms with Crippen LogP contribution in [0.2, 0.25) is 0 Å². The van der Waals surface area contributed by atoms with Gasteiger partial charge in [-0.3, -0.25) is 9.36 Å². The molecular formula is C11H11BrN4O. The molecule has 0 saturated carbocycles. The van der Waals surface area contributed by atoms with Crippen LogP contribution in [0, 0.1) is 0 Å². The molecule has 88 valence electrons. The van der Waals surface area contributed by atoms with Gasteiger partial charge in [0, 0.05) is 19.4 Å². The van der Waals surface area contributed by atoms with Gasteiger partial charge in [-0.1, -0.05) is 6.07 Å². The first-order valence-corrected chi connectivity index (χ1v) is 5.82. The first-order valence-electron chi connectivity index (χ1n) is 5.03. The van der Waals surface area contributed by atoms with Crippen LogP contribution in [-0.2, 0) is 6.54 Å². The van der Waals surface area contributed by atoms with Crippen molar-refractivity contribution < 1.29 is 0 Å². The van der Waals surface area contributed by atoms with E-state index in [1.54, 1.807) is 6.20 Å². The lowest BCUT2D eigenvalue weighted by molar-refractivity contribution is 0.728. The third-order valence-electron chi connectivity index (χ3n) is 2.29. The van der Waals surface area contributed by atoms with Crippen molar-refractivity contribution >= 4 is 21.7 Å². The molecule has 0 radical (unpaired) electrons. The summed E-state index contributed by atoms with van der Waals surface area (Å²) in [6, 6.07) is 3.79. The van der Waals surface area contributed by atoms with Crippen LogP contribution in [0.25, 0.3) is 0 Å². The maximum Gasteiger partial charge on any atom is 0.267 e. The lowest BCUT2D eigenvalue weighted by atomic mass is 10.3. The number of pyridine rings is 1. The largest absolute Gasteiger partial charge is 0.373 e. The van der Waals surface area contributed by atoms with Gasteiger partial charge in [0.2, 0.25) is 0 Å². The van der Waals surface area contributed by atoms with Gasteiger partial charge >= 0.3 is 0 Å². The number of nitrogens with one attached hydrogen (secondary N) is 1. The molecule has 0 aliphatic carbocycles. The van der Waals surface area contributed by atoms with Crippen molar-refractivity contribution in [3.63, 3.8) is 0 Å². The van der Waals surface area contributed by atoms with Crippen molar-refractivity contribution in [2.45, 2.75) is 6.54 Å². The topological polar surface area (TPSA) is 59.8 Å². The van der Waals surface area contributed by atoms with E-state index in [1.807, 2.05) is 19.2 Å². The zero-order valence-electron chi connectivity index (χ0n) is 9.22. The summed E-state index contributed by atoms with van der Waals surface area (Å²) in [7, 11) is 1.81. The van der Waals surface area contributed by atoms with E-state index in [-0.39, 0.29) is 5.56 Å². The van der Waals surface area contributed by atoms with E-state index in [4.69, 9.17) is 0 Å². The van der Waals surface area contributed by atoms with Crippen molar-refractivity contribution in [2.24, 2.45) is 0 Å².